The van der Waals surface area contributed by atoms with Crippen molar-refractivity contribution in [3.63, 3.8) is 0 Å². The van der Waals surface area contributed by atoms with Crippen LogP contribution in [-0.2, 0) is 10.2 Å². The van der Waals surface area contributed by atoms with Crippen LogP contribution in [0.3, 0.4) is 0 Å². The van der Waals surface area contributed by atoms with Crippen LogP contribution in [0.1, 0.15) is 24.6 Å². The minimum absolute atomic E-state index is 0. The van der Waals surface area contributed by atoms with Crippen molar-refractivity contribution in [3.8, 4) is 0 Å². The maximum atomic E-state index is 5.29. The fourth-order valence-electron chi connectivity index (χ4n) is 2.11. The summed E-state index contributed by atoms with van der Waals surface area (Å²) in [6, 6.07) is 0. The maximum Gasteiger partial charge on any atom is 0.235 e. The molecule has 0 unspecified atom stereocenters. The zero-order valence-electron chi connectivity index (χ0n) is 9.65. The van der Waals surface area contributed by atoms with Crippen LogP contribution in [0.5, 0.6) is 0 Å². The maximum absolute atomic E-state index is 5.29. The number of hydrogen-bond acceptors (Lipinski definition) is 5. The molecule has 1 aliphatic rings. The number of rotatable bonds is 3. The summed E-state index contributed by atoms with van der Waals surface area (Å²) in [7, 11) is 1.72. The number of nitrogens with one attached hydrogen (secondary N) is 1. The van der Waals surface area contributed by atoms with E-state index in [-0.39, 0.29) is 17.8 Å². The van der Waals surface area contributed by atoms with Crippen molar-refractivity contribution in [2.75, 3.05) is 26.8 Å². The zero-order valence-corrected chi connectivity index (χ0v) is 10.5. The van der Waals surface area contributed by atoms with E-state index in [4.69, 9.17) is 9.26 Å². The van der Waals surface area contributed by atoms with E-state index < -0.39 is 0 Å². The number of nitrogens with zero attached hydrogens (tertiary/aromatic N) is 2. The summed E-state index contributed by atoms with van der Waals surface area (Å²) >= 11 is 0. The van der Waals surface area contributed by atoms with Gasteiger partial charge >= 0.3 is 0 Å². The highest BCUT2D eigenvalue weighted by molar-refractivity contribution is 5.85. The van der Waals surface area contributed by atoms with Gasteiger partial charge in [-0.05, 0) is 32.9 Å². The van der Waals surface area contributed by atoms with E-state index in [1.54, 1.807) is 7.11 Å². The molecular weight excluding hydrogens is 230 g/mol. The molecule has 2 rings (SSSR count). The second-order valence-corrected chi connectivity index (χ2v) is 4.11. The Balaban J connectivity index is 0.00000128. The van der Waals surface area contributed by atoms with Gasteiger partial charge in [0.25, 0.3) is 0 Å². The van der Waals surface area contributed by atoms with Gasteiger partial charge < -0.3 is 14.6 Å². The normalized spacial score (nSPS) is 19.1. The number of hydrogen-bond donors (Lipinski definition) is 1. The first kappa shape index (κ1) is 13.4. The highest BCUT2D eigenvalue weighted by Gasteiger charge is 2.39. The number of methoxy groups -OCH3 is 1. The van der Waals surface area contributed by atoms with Crippen molar-refractivity contribution < 1.29 is 9.26 Å². The molecule has 0 aromatic carbocycles. The molecule has 16 heavy (non-hydrogen) atoms. The van der Waals surface area contributed by atoms with Gasteiger partial charge in [0, 0.05) is 7.11 Å². The first-order valence-corrected chi connectivity index (χ1v) is 5.27. The van der Waals surface area contributed by atoms with Crippen LogP contribution in [0, 0.1) is 6.92 Å². The molecule has 0 aliphatic carbocycles. The Morgan fingerprint density at radius 3 is 2.62 bits per heavy atom. The van der Waals surface area contributed by atoms with E-state index in [9.17, 15) is 0 Å². The molecule has 1 aromatic rings. The Labute approximate surface area is 101 Å². The van der Waals surface area contributed by atoms with Gasteiger partial charge in [0.2, 0.25) is 5.89 Å². The lowest BCUT2D eigenvalue weighted by Crippen LogP contribution is -2.43. The van der Waals surface area contributed by atoms with Gasteiger partial charge in [0.15, 0.2) is 5.82 Å². The van der Waals surface area contributed by atoms with Crippen molar-refractivity contribution in [2.45, 2.75) is 25.2 Å². The van der Waals surface area contributed by atoms with Crippen LogP contribution in [0.2, 0.25) is 0 Å². The summed E-state index contributed by atoms with van der Waals surface area (Å²) in [6.07, 6.45) is 1.98. The lowest BCUT2D eigenvalue weighted by atomic mass is 9.79. The lowest BCUT2D eigenvalue weighted by Gasteiger charge is -2.33. The standard InChI is InChI=1S/C10H17N3O2.ClH/c1-8-12-9(15-13-8)10(7-14-2)3-5-11-6-4-10;/h11H,3-7H2,1-2H3;1H. The van der Waals surface area contributed by atoms with Gasteiger partial charge in [-0.3, -0.25) is 0 Å². The molecular formula is C10H18ClN3O2. The molecule has 6 heteroatoms. The largest absolute Gasteiger partial charge is 0.384 e. The highest BCUT2D eigenvalue weighted by Crippen LogP contribution is 2.32. The van der Waals surface area contributed by atoms with E-state index in [0.717, 1.165) is 31.8 Å². The van der Waals surface area contributed by atoms with E-state index >= 15 is 0 Å². The molecule has 92 valence electrons. The van der Waals surface area contributed by atoms with Crippen molar-refractivity contribution in [1.29, 1.82) is 0 Å². The SMILES string of the molecule is COCC1(c2nc(C)no2)CCNCC1.Cl. The summed E-state index contributed by atoms with van der Waals surface area (Å²) < 4.78 is 10.6. The number of ether oxygens (including phenoxy) is 1. The third-order valence-electron chi connectivity index (χ3n) is 2.96. The third-order valence-corrected chi connectivity index (χ3v) is 2.96. The number of halogens is 1. The molecule has 1 N–H and O–H groups in total. The van der Waals surface area contributed by atoms with E-state index in [1.807, 2.05) is 6.92 Å². The predicted octanol–water partition coefficient (Wildman–Crippen LogP) is 1.07. The van der Waals surface area contributed by atoms with Crippen molar-refractivity contribution in [2.24, 2.45) is 0 Å². The predicted molar refractivity (Wildman–Crippen MR) is 61.9 cm³/mol. The molecule has 0 amide bonds. The average Bonchev–Trinajstić information content (AvgIpc) is 2.67. The Kier molecular flexibility index (Phi) is 4.70. The minimum atomic E-state index is -0.0821. The first-order valence-electron chi connectivity index (χ1n) is 5.27. The third kappa shape index (κ3) is 2.53. The van der Waals surface area contributed by atoms with Crippen LogP contribution < -0.4 is 5.32 Å². The summed E-state index contributed by atoms with van der Waals surface area (Å²) in [5, 5.41) is 7.19. The highest BCUT2D eigenvalue weighted by atomic mass is 35.5. The second-order valence-electron chi connectivity index (χ2n) is 4.11. The van der Waals surface area contributed by atoms with Gasteiger partial charge in [-0.15, -0.1) is 12.4 Å². The molecule has 0 radical (unpaired) electrons. The minimum Gasteiger partial charge on any atom is -0.384 e. The van der Waals surface area contributed by atoms with Crippen LogP contribution in [0.4, 0.5) is 0 Å². The molecule has 0 atom stereocenters. The fraction of sp³-hybridized carbons (Fsp3) is 0.800. The van der Waals surface area contributed by atoms with Gasteiger partial charge in [-0.25, -0.2) is 0 Å². The van der Waals surface area contributed by atoms with Crippen molar-refractivity contribution in [1.82, 2.24) is 15.5 Å². The molecule has 1 fully saturated rings. The molecule has 0 saturated carbocycles. The Bertz CT molecular complexity index is 318. The van der Waals surface area contributed by atoms with Crippen molar-refractivity contribution >= 4 is 12.4 Å². The van der Waals surface area contributed by atoms with E-state index in [2.05, 4.69) is 15.5 Å². The van der Waals surface area contributed by atoms with Crippen LogP contribution in [0.25, 0.3) is 0 Å². The topological polar surface area (TPSA) is 60.2 Å². The smallest absolute Gasteiger partial charge is 0.235 e. The van der Waals surface area contributed by atoms with Crippen molar-refractivity contribution in [3.05, 3.63) is 11.7 Å². The summed E-state index contributed by atoms with van der Waals surface area (Å²) in [6.45, 7) is 4.44. The summed E-state index contributed by atoms with van der Waals surface area (Å²) in [4.78, 5) is 4.34. The molecule has 5 nitrogen and oxygen atoms in total. The number of aromatic nitrogens is 2. The average molecular weight is 248 g/mol. The second kappa shape index (κ2) is 5.61. The quantitative estimate of drug-likeness (QED) is 0.866. The molecule has 2 heterocycles. The Morgan fingerprint density at radius 1 is 1.44 bits per heavy atom. The summed E-state index contributed by atoms with van der Waals surface area (Å²) in [5.41, 5.74) is -0.0821. The molecule has 1 aromatic heterocycles. The van der Waals surface area contributed by atoms with Crippen LogP contribution in [-0.4, -0.2) is 36.9 Å². The number of aryl methyl sites for hydroxylation is 1. The van der Waals surface area contributed by atoms with Crippen LogP contribution in [0.15, 0.2) is 4.52 Å². The lowest BCUT2D eigenvalue weighted by molar-refractivity contribution is 0.0849. The molecule has 1 aliphatic heterocycles. The first-order chi connectivity index (χ1) is 7.27. The fourth-order valence-corrected chi connectivity index (χ4v) is 2.11. The van der Waals surface area contributed by atoms with Crippen LogP contribution >= 0.6 is 12.4 Å². The Hall–Kier alpha value is -0.650. The van der Waals surface area contributed by atoms with Gasteiger partial charge in [0.1, 0.15) is 0 Å². The molecule has 0 bridgehead atoms. The van der Waals surface area contributed by atoms with Gasteiger partial charge in [0.05, 0.1) is 12.0 Å². The monoisotopic (exact) mass is 247 g/mol. The summed E-state index contributed by atoms with van der Waals surface area (Å²) in [5.74, 6) is 1.42. The van der Waals surface area contributed by atoms with E-state index in [1.165, 1.54) is 0 Å². The van der Waals surface area contributed by atoms with Gasteiger partial charge in [-0.2, -0.15) is 4.98 Å². The molecule has 0 spiro atoms. The molecule has 1 saturated heterocycles. The number of piperidine rings is 1. The Morgan fingerprint density at radius 2 is 2.12 bits per heavy atom. The van der Waals surface area contributed by atoms with E-state index in [0.29, 0.717) is 12.4 Å². The zero-order chi connectivity index (χ0) is 10.7. The van der Waals surface area contributed by atoms with Gasteiger partial charge in [-0.1, -0.05) is 5.16 Å².